The molecule has 0 aromatic rings. The van der Waals surface area contributed by atoms with Crippen molar-refractivity contribution in [2.75, 3.05) is 0 Å². The van der Waals surface area contributed by atoms with Gasteiger partial charge in [-0.1, -0.05) is 38.5 Å². The molecule has 3 saturated carbocycles. The molecule has 1 N–H and O–H groups in total. The molecule has 1 unspecified atom stereocenters. The van der Waals surface area contributed by atoms with Crippen LogP contribution in [0.2, 0.25) is 0 Å². The molecular formula is C15H27N. The molecule has 1 spiro atoms. The van der Waals surface area contributed by atoms with Gasteiger partial charge < -0.3 is 5.32 Å². The topological polar surface area (TPSA) is 12.0 Å². The van der Waals surface area contributed by atoms with E-state index in [1.165, 1.54) is 77.0 Å². The predicted molar refractivity (Wildman–Crippen MR) is 68.5 cm³/mol. The van der Waals surface area contributed by atoms with Crippen molar-refractivity contribution < 1.29 is 0 Å². The predicted octanol–water partition coefficient (Wildman–Crippen LogP) is 4.02. The van der Waals surface area contributed by atoms with E-state index in [2.05, 4.69) is 5.32 Å². The maximum atomic E-state index is 4.02. The molecule has 16 heavy (non-hydrogen) atoms. The van der Waals surface area contributed by atoms with Gasteiger partial charge in [0, 0.05) is 12.1 Å². The van der Waals surface area contributed by atoms with E-state index in [1.807, 2.05) is 0 Å². The first-order chi connectivity index (χ1) is 7.89. The standard InChI is InChI=1S/C15H27N/c1-3-7-13(8-4-1)16-14-9-12-15(14)10-5-2-6-11-15/h13-14,16H,1-12H2. The van der Waals surface area contributed by atoms with Gasteiger partial charge >= 0.3 is 0 Å². The van der Waals surface area contributed by atoms with Crippen LogP contribution >= 0.6 is 0 Å². The van der Waals surface area contributed by atoms with Gasteiger partial charge in [0.05, 0.1) is 0 Å². The van der Waals surface area contributed by atoms with Crippen molar-refractivity contribution >= 4 is 0 Å². The average Bonchev–Trinajstić information content (AvgIpc) is 2.37. The first-order valence-electron chi connectivity index (χ1n) is 7.65. The molecule has 3 aliphatic rings. The largest absolute Gasteiger partial charge is 0.311 e. The first kappa shape index (κ1) is 11.1. The lowest BCUT2D eigenvalue weighted by Crippen LogP contribution is -2.57. The number of rotatable bonds is 2. The van der Waals surface area contributed by atoms with Crippen LogP contribution in [0.25, 0.3) is 0 Å². The van der Waals surface area contributed by atoms with E-state index < -0.39 is 0 Å². The van der Waals surface area contributed by atoms with Crippen LogP contribution in [0.1, 0.15) is 77.0 Å². The Morgan fingerprint density at radius 1 is 0.688 bits per heavy atom. The minimum absolute atomic E-state index is 0.760. The summed E-state index contributed by atoms with van der Waals surface area (Å²) < 4.78 is 0. The lowest BCUT2D eigenvalue weighted by atomic mass is 9.57. The van der Waals surface area contributed by atoms with Crippen LogP contribution in [0.15, 0.2) is 0 Å². The highest BCUT2D eigenvalue weighted by Crippen LogP contribution is 2.52. The van der Waals surface area contributed by atoms with Crippen molar-refractivity contribution in [2.45, 2.75) is 89.1 Å². The molecule has 3 rings (SSSR count). The first-order valence-corrected chi connectivity index (χ1v) is 7.65. The highest BCUT2D eigenvalue weighted by Gasteiger charge is 2.47. The smallest absolute Gasteiger partial charge is 0.0126 e. The summed E-state index contributed by atoms with van der Waals surface area (Å²) in [6.07, 6.45) is 17.9. The van der Waals surface area contributed by atoms with Crippen LogP contribution in [-0.4, -0.2) is 12.1 Å². The minimum atomic E-state index is 0.760. The van der Waals surface area contributed by atoms with Crippen molar-refractivity contribution in [1.82, 2.24) is 5.32 Å². The van der Waals surface area contributed by atoms with Gasteiger partial charge in [0.1, 0.15) is 0 Å². The van der Waals surface area contributed by atoms with Crippen LogP contribution in [0.5, 0.6) is 0 Å². The molecule has 0 aromatic carbocycles. The number of hydrogen-bond acceptors (Lipinski definition) is 1. The van der Waals surface area contributed by atoms with Crippen molar-refractivity contribution in [3.05, 3.63) is 0 Å². The molecule has 0 aliphatic heterocycles. The lowest BCUT2D eigenvalue weighted by Gasteiger charge is -2.54. The van der Waals surface area contributed by atoms with Crippen molar-refractivity contribution in [3.63, 3.8) is 0 Å². The van der Waals surface area contributed by atoms with Gasteiger partial charge in [0.15, 0.2) is 0 Å². The molecule has 0 aromatic heterocycles. The maximum absolute atomic E-state index is 4.02. The van der Waals surface area contributed by atoms with Gasteiger partial charge in [-0.25, -0.2) is 0 Å². The van der Waals surface area contributed by atoms with E-state index in [1.54, 1.807) is 0 Å². The summed E-state index contributed by atoms with van der Waals surface area (Å²) in [5, 5.41) is 4.02. The molecule has 1 heteroatoms. The van der Waals surface area contributed by atoms with Crippen LogP contribution in [0.4, 0.5) is 0 Å². The zero-order chi connectivity index (χ0) is 10.8. The Hall–Kier alpha value is -0.0400. The zero-order valence-electron chi connectivity index (χ0n) is 10.6. The molecule has 0 amide bonds. The Morgan fingerprint density at radius 2 is 1.38 bits per heavy atom. The molecule has 0 heterocycles. The van der Waals surface area contributed by atoms with Gasteiger partial charge in [-0.3, -0.25) is 0 Å². The molecule has 1 atom stereocenters. The van der Waals surface area contributed by atoms with Gasteiger partial charge in [0.2, 0.25) is 0 Å². The van der Waals surface area contributed by atoms with Crippen molar-refractivity contribution in [2.24, 2.45) is 5.41 Å². The van der Waals surface area contributed by atoms with Gasteiger partial charge in [0.25, 0.3) is 0 Å². The Morgan fingerprint density at radius 3 is 2.00 bits per heavy atom. The third-order valence-corrected chi connectivity index (χ3v) is 5.56. The van der Waals surface area contributed by atoms with E-state index in [0.717, 1.165) is 17.5 Å². The normalized spacial score (nSPS) is 34.9. The SMILES string of the molecule is C1CCC(NC2CCC23CCCCC3)CC1. The average molecular weight is 221 g/mol. The molecule has 3 fully saturated rings. The van der Waals surface area contributed by atoms with E-state index in [4.69, 9.17) is 0 Å². The van der Waals surface area contributed by atoms with Gasteiger partial charge in [-0.15, -0.1) is 0 Å². The third kappa shape index (κ3) is 2.03. The van der Waals surface area contributed by atoms with Gasteiger partial charge in [-0.2, -0.15) is 0 Å². The fourth-order valence-electron chi connectivity index (χ4n) is 4.37. The van der Waals surface area contributed by atoms with E-state index in [0.29, 0.717) is 0 Å². The van der Waals surface area contributed by atoms with E-state index in [-0.39, 0.29) is 0 Å². The number of hydrogen-bond donors (Lipinski definition) is 1. The summed E-state index contributed by atoms with van der Waals surface area (Å²) in [4.78, 5) is 0. The molecule has 92 valence electrons. The number of nitrogens with one attached hydrogen (secondary N) is 1. The second-order valence-corrected chi connectivity index (χ2v) is 6.52. The Labute approximate surface area is 100 Å². The highest BCUT2D eigenvalue weighted by atomic mass is 15.0. The van der Waals surface area contributed by atoms with Crippen LogP contribution in [-0.2, 0) is 0 Å². The monoisotopic (exact) mass is 221 g/mol. The summed E-state index contributed by atoms with van der Waals surface area (Å²) in [5.74, 6) is 0. The fourth-order valence-corrected chi connectivity index (χ4v) is 4.37. The van der Waals surface area contributed by atoms with Crippen LogP contribution in [0.3, 0.4) is 0 Å². The minimum Gasteiger partial charge on any atom is -0.311 e. The van der Waals surface area contributed by atoms with Crippen LogP contribution < -0.4 is 5.32 Å². The second-order valence-electron chi connectivity index (χ2n) is 6.52. The summed E-state index contributed by atoms with van der Waals surface area (Å²) in [6.45, 7) is 0. The summed E-state index contributed by atoms with van der Waals surface area (Å²) in [7, 11) is 0. The van der Waals surface area contributed by atoms with Crippen molar-refractivity contribution in [1.29, 1.82) is 0 Å². The molecule has 0 saturated heterocycles. The van der Waals surface area contributed by atoms with Crippen molar-refractivity contribution in [3.8, 4) is 0 Å². The quantitative estimate of drug-likeness (QED) is 0.742. The van der Waals surface area contributed by atoms with E-state index >= 15 is 0 Å². The third-order valence-electron chi connectivity index (χ3n) is 5.56. The summed E-state index contributed by atoms with van der Waals surface area (Å²) in [5.41, 5.74) is 0.760. The Balaban J connectivity index is 1.54. The second kappa shape index (κ2) is 4.68. The van der Waals surface area contributed by atoms with Crippen LogP contribution in [0, 0.1) is 5.41 Å². The Bertz CT molecular complexity index is 224. The molecule has 0 bridgehead atoms. The summed E-state index contributed by atoms with van der Waals surface area (Å²) in [6, 6.07) is 1.77. The molecule has 3 aliphatic carbocycles. The Kier molecular flexibility index (Phi) is 3.24. The molecule has 0 radical (unpaired) electrons. The zero-order valence-corrected chi connectivity index (χ0v) is 10.6. The van der Waals surface area contributed by atoms with E-state index in [9.17, 15) is 0 Å². The van der Waals surface area contributed by atoms with Gasteiger partial charge in [-0.05, 0) is 43.9 Å². The lowest BCUT2D eigenvalue weighted by molar-refractivity contribution is 0.0137. The highest BCUT2D eigenvalue weighted by molar-refractivity contribution is 5.02. The molecular weight excluding hydrogens is 194 g/mol. The molecule has 1 nitrogen and oxygen atoms in total. The fraction of sp³-hybridized carbons (Fsp3) is 1.00. The summed E-state index contributed by atoms with van der Waals surface area (Å²) >= 11 is 0. The maximum Gasteiger partial charge on any atom is 0.0126 e.